The zero-order valence-electron chi connectivity index (χ0n) is 25.8. The van der Waals surface area contributed by atoms with Crippen LogP contribution in [0.2, 0.25) is 0 Å². The monoisotopic (exact) mass is 610 g/mol. The fourth-order valence-corrected chi connectivity index (χ4v) is 5.05. The van der Waals surface area contributed by atoms with Gasteiger partial charge in [0.25, 0.3) is 0 Å². The minimum atomic E-state index is 0.764. The van der Waals surface area contributed by atoms with Gasteiger partial charge in [0, 0.05) is 33.0 Å². The van der Waals surface area contributed by atoms with Crippen molar-refractivity contribution in [2.75, 3.05) is 0 Å². The summed E-state index contributed by atoms with van der Waals surface area (Å²) in [5.41, 5.74) is 6.84. The van der Waals surface area contributed by atoms with E-state index >= 15 is 0 Å². The van der Waals surface area contributed by atoms with Gasteiger partial charge in [-0.05, 0) is 95.7 Å². The zero-order valence-corrected chi connectivity index (χ0v) is 25.8. The van der Waals surface area contributed by atoms with Gasteiger partial charge in [-0.1, -0.05) is 96.5 Å². The number of hydrogen-bond acceptors (Lipinski definition) is 4. The molecule has 0 N–H and O–H groups in total. The number of hydrogen-bond donors (Lipinski definition) is 0. The second kappa shape index (κ2) is 14.4. The fraction of sp³-hybridized carbons (Fsp3) is 0. The molecule has 0 aliphatic rings. The molecule has 0 heterocycles. The minimum Gasteiger partial charge on any atom is -0.188 e. The molecule has 0 spiro atoms. The number of rotatable bonds is 4. The minimum absolute atomic E-state index is 0.764. The van der Waals surface area contributed by atoms with Crippen LogP contribution in [0.25, 0.3) is 21.5 Å². The fourth-order valence-electron chi connectivity index (χ4n) is 5.05. The Bertz CT molecular complexity index is 2320. The summed E-state index contributed by atoms with van der Waals surface area (Å²) in [6, 6.07) is 57.3. The molecule has 0 atom stereocenters. The summed E-state index contributed by atoms with van der Waals surface area (Å²) in [6.07, 6.45) is 0. The first kappa shape index (κ1) is 29.6. The highest BCUT2D eigenvalue weighted by molar-refractivity contribution is 5.94. The third kappa shape index (κ3) is 7.42. The molecule has 0 radical (unpaired) electrons. The molecule has 7 rings (SSSR count). The maximum Gasteiger partial charge on any atom is 0.100 e. The Morgan fingerprint density at radius 2 is 0.625 bits per heavy atom. The average molecular weight is 611 g/mol. The predicted molar refractivity (Wildman–Crippen MR) is 198 cm³/mol. The third-order valence-corrected chi connectivity index (χ3v) is 7.55. The normalized spacial score (nSPS) is 10.0. The molecule has 0 saturated heterocycles. The quantitative estimate of drug-likeness (QED) is 0.141. The van der Waals surface area contributed by atoms with Crippen molar-refractivity contribution in [2.45, 2.75) is 0 Å². The molecule has 7 aromatic carbocycles. The lowest BCUT2D eigenvalue weighted by Crippen LogP contribution is -1.79. The molecule has 222 valence electrons. The van der Waals surface area contributed by atoms with E-state index in [0.717, 1.165) is 66.5 Å². The van der Waals surface area contributed by atoms with Crippen molar-refractivity contribution >= 4 is 56.3 Å². The van der Waals surface area contributed by atoms with Crippen LogP contribution in [-0.4, -0.2) is 12.0 Å². The van der Waals surface area contributed by atoms with Crippen LogP contribution in [0.3, 0.4) is 0 Å². The maximum absolute atomic E-state index is 4.43. The summed E-state index contributed by atoms with van der Waals surface area (Å²) in [4.78, 5) is 17.6. The Labute approximate surface area is 279 Å². The van der Waals surface area contributed by atoms with Crippen LogP contribution in [-0.2, 0) is 0 Å². The molecular weight excluding hydrogens is 585 g/mol. The Morgan fingerprint density at radius 1 is 0.292 bits per heavy atom. The van der Waals surface area contributed by atoms with Crippen LogP contribution in [0.1, 0.15) is 22.3 Å². The van der Waals surface area contributed by atoms with E-state index in [2.05, 4.69) is 79.9 Å². The molecule has 0 unspecified atom stereocenters. The van der Waals surface area contributed by atoms with Gasteiger partial charge in [-0.3, -0.25) is 0 Å². The van der Waals surface area contributed by atoms with Crippen molar-refractivity contribution in [3.63, 3.8) is 0 Å². The molecule has 0 bridgehead atoms. The van der Waals surface area contributed by atoms with E-state index in [1.165, 1.54) is 0 Å². The second-order valence-corrected chi connectivity index (χ2v) is 10.8. The SMILES string of the molecule is C(=Nc1ccc(C#Cc2ccc(C#Cc3ccc(N=C=Nc4cccc5ccccc45)cc3)cc2)cc1)=Nc1cccc2ccccc12. The maximum atomic E-state index is 4.43. The van der Waals surface area contributed by atoms with Gasteiger partial charge in [-0.2, -0.15) is 20.0 Å². The van der Waals surface area contributed by atoms with Gasteiger partial charge in [-0.25, -0.2) is 0 Å². The zero-order chi connectivity index (χ0) is 32.4. The lowest BCUT2D eigenvalue weighted by molar-refractivity contribution is 1.50. The summed E-state index contributed by atoms with van der Waals surface area (Å²) >= 11 is 0. The van der Waals surface area contributed by atoms with Crippen molar-refractivity contribution in [1.82, 2.24) is 0 Å². The van der Waals surface area contributed by atoms with Gasteiger partial charge in [-0.15, -0.1) is 0 Å². The lowest BCUT2D eigenvalue weighted by Gasteiger charge is -1.99. The Hall–Kier alpha value is -7.06. The molecule has 0 amide bonds. The molecule has 0 aliphatic heterocycles. The average Bonchev–Trinajstić information content (AvgIpc) is 3.15. The van der Waals surface area contributed by atoms with E-state index < -0.39 is 0 Å². The summed E-state index contributed by atoms with van der Waals surface area (Å²) in [7, 11) is 0. The van der Waals surface area contributed by atoms with E-state index in [0.29, 0.717) is 0 Å². The largest absolute Gasteiger partial charge is 0.188 e. The number of aliphatic imine (C=N–C) groups is 4. The van der Waals surface area contributed by atoms with Crippen LogP contribution in [0, 0.1) is 23.7 Å². The van der Waals surface area contributed by atoms with E-state index in [1.54, 1.807) is 0 Å². The Morgan fingerprint density at radius 3 is 1.02 bits per heavy atom. The van der Waals surface area contributed by atoms with Crippen molar-refractivity contribution in [2.24, 2.45) is 20.0 Å². The van der Waals surface area contributed by atoms with E-state index in [-0.39, 0.29) is 0 Å². The van der Waals surface area contributed by atoms with Crippen molar-refractivity contribution in [3.05, 3.63) is 180 Å². The highest BCUT2D eigenvalue weighted by Crippen LogP contribution is 2.26. The lowest BCUT2D eigenvalue weighted by atomic mass is 10.1. The molecule has 0 aromatic heterocycles. The second-order valence-electron chi connectivity index (χ2n) is 10.8. The van der Waals surface area contributed by atoms with Crippen LogP contribution in [0.4, 0.5) is 22.7 Å². The van der Waals surface area contributed by atoms with Gasteiger partial charge < -0.3 is 0 Å². The molecule has 0 fully saturated rings. The molecule has 0 aliphatic carbocycles. The van der Waals surface area contributed by atoms with E-state index in [4.69, 9.17) is 0 Å². The summed E-state index contributed by atoms with van der Waals surface area (Å²) in [5.74, 6) is 12.9. The first-order valence-electron chi connectivity index (χ1n) is 15.4. The summed E-state index contributed by atoms with van der Waals surface area (Å²) in [6.45, 7) is 0. The van der Waals surface area contributed by atoms with Crippen LogP contribution in [0.5, 0.6) is 0 Å². The highest BCUT2D eigenvalue weighted by Gasteiger charge is 1.99. The Balaban J connectivity index is 0.955. The van der Waals surface area contributed by atoms with Crippen LogP contribution in [0.15, 0.2) is 178 Å². The van der Waals surface area contributed by atoms with Gasteiger partial charge in [0.15, 0.2) is 0 Å². The van der Waals surface area contributed by atoms with E-state index in [1.807, 2.05) is 133 Å². The standard InChI is InChI=1S/C44H26N4/c1-3-11-41-37(7-1)9-5-13-43(41)47-31-45-39-27-23-35(24-28-39)21-19-33-15-17-34(18-16-33)20-22-36-25-29-40(30-26-36)46-32-48-44-14-6-10-38-8-2-4-12-42(38)44/h1-18,23-30H. The molecule has 0 saturated carbocycles. The molecule has 4 heteroatoms. The van der Waals surface area contributed by atoms with Gasteiger partial charge in [0.1, 0.15) is 12.0 Å². The molecule has 7 aromatic rings. The third-order valence-electron chi connectivity index (χ3n) is 7.55. The van der Waals surface area contributed by atoms with Crippen molar-refractivity contribution in [1.29, 1.82) is 0 Å². The van der Waals surface area contributed by atoms with Crippen molar-refractivity contribution < 1.29 is 0 Å². The van der Waals surface area contributed by atoms with Crippen molar-refractivity contribution in [3.8, 4) is 23.7 Å². The molecule has 48 heavy (non-hydrogen) atoms. The summed E-state index contributed by atoms with van der Waals surface area (Å²) < 4.78 is 0. The number of benzene rings is 7. The number of fused-ring (bicyclic) bond motifs is 2. The van der Waals surface area contributed by atoms with E-state index in [9.17, 15) is 0 Å². The molecular formula is C44H26N4. The van der Waals surface area contributed by atoms with Gasteiger partial charge >= 0.3 is 0 Å². The van der Waals surface area contributed by atoms with Crippen LogP contribution >= 0.6 is 0 Å². The highest BCUT2D eigenvalue weighted by atomic mass is 14.8. The van der Waals surface area contributed by atoms with Gasteiger partial charge in [0.05, 0.1) is 22.7 Å². The first-order valence-corrected chi connectivity index (χ1v) is 15.4. The summed E-state index contributed by atoms with van der Waals surface area (Å²) in [5, 5.41) is 4.42. The smallest absolute Gasteiger partial charge is 0.100 e. The Kier molecular flexibility index (Phi) is 8.87. The predicted octanol–water partition coefficient (Wildman–Crippen LogP) is 11.1. The number of nitrogens with zero attached hydrogens (tertiary/aromatic N) is 4. The first-order chi connectivity index (χ1) is 23.8. The van der Waals surface area contributed by atoms with Gasteiger partial charge in [0.2, 0.25) is 0 Å². The topological polar surface area (TPSA) is 49.4 Å². The molecule has 4 nitrogen and oxygen atoms in total. The van der Waals surface area contributed by atoms with Crippen LogP contribution < -0.4 is 0 Å².